The largest absolute Gasteiger partial charge is 0.293 e. The van der Waals surface area contributed by atoms with E-state index in [1.807, 2.05) is 18.2 Å². The van der Waals surface area contributed by atoms with E-state index in [1.165, 1.54) is 18.4 Å². The zero-order chi connectivity index (χ0) is 9.26. The fraction of sp³-hybridized carbons (Fsp3) is 0.364. The summed E-state index contributed by atoms with van der Waals surface area (Å²) < 4.78 is 0. The van der Waals surface area contributed by atoms with Gasteiger partial charge >= 0.3 is 0 Å². The van der Waals surface area contributed by atoms with Crippen molar-refractivity contribution in [3.8, 4) is 0 Å². The van der Waals surface area contributed by atoms with Gasteiger partial charge in [-0.15, -0.1) is 0 Å². The Bertz CT molecular complexity index is 329. The molecule has 1 aromatic rings. The van der Waals surface area contributed by atoms with E-state index in [2.05, 4.69) is 22.0 Å². The Kier molecular flexibility index (Phi) is 2.49. The molecule has 1 fully saturated rings. The monoisotopic (exact) mass is 238 g/mol. The van der Waals surface area contributed by atoms with E-state index in [0.717, 1.165) is 11.5 Å². The van der Waals surface area contributed by atoms with Crippen LogP contribution in [0.15, 0.2) is 24.3 Å². The average Bonchev–Trinajstić information content (AvgIpc) is 3.00. The first-order chi connectivity index (χ1) is 6.31. The van der Waals surface area contributed by atoms with Crippen LogP contribution in [0, 0.1) is 0 Å². The summed E-state index contributed by atoms with van der Waals surface area (Å²) in [4.78, 5) is 11.4. The third-order valence-corrected chi connectivity index (χ3v) is 2.89. The van der Waals surface area contributed by atoms with Gasteiger partial charge in [-0.3, -0.25) is 4.79 Å². The maximum atomic E-state index is 11.4. The first-order valence-corrected chi connectivity index (χ1v) is 5.62. The lowest BCUT2D eigenvalue weighted by Crippen LogP contribution is -1.99. The van der Waals surface area contributed by atoms with Gasteiger partial charge in [0.05, 0.1) is 5.33 Å². The van der Waals surface area contributed by atoms with Gasteiger partial charge in [0.25, 0.3) is 0 Å². The first-order valence-electron chi connectivity index (χ1n) is 4.50. The van der Waals surface area contributed by atoms with Gasteiger partial charge in [0.15, 0.2) is 5.78 Å². The van der Waals surface area contributed by atoms with Crippen molar-refractivity contribution in [2.75, 3.05) is 5.33 Å². The third kappa shape index (κ3) is 1.99. The summed E-state index contributed by atoms with van der Waals surface area (Å²) in [6, 6.07) is 8.00. The minimum atomic E-state index is 0.169. The summed E-state index contributed by atoms with van der Waals surface area (Å²) in [5.41, 5.74) is 2.16. The van der Waals surface area contributed by atoms with Gasteiger partial charge in [-0.05, 0) is 30.4 Å². The summed E-state index contributed by atoms with van der Waals surface area (Å²) in [6.45, 7) is 0. The SMILES string of the molecule is O=C(CBr)c1cccc(C2CC2)c1. The topological polar surface area (TPSA) is 17.1 Å². The van der Waals surface area contributed by atoms with E-state index in [0.29, 0.717) is 5.33 Å². The number of rotatable bonds is 3. The number of hydrogen-bond acceptors (Lipinski definition) is 1. The van der Waals surface area contributed by atoms with Gasteiger partial charge in [-0.25, -0.2) is 0 Å². The molecule has 1 nitrogen and oxygen atoms in total. The highest BCUT2D eigenvalue weighted by molar-refractivity contribution is 9.09. The van der Waals surface area contributed by atoms with Crippen molar-refractivity contribution in [3.05, 3.63) is 35.4 Å². The highest BCUT2D eigenvalue weighted by Gasteiger charge is 2.23. The lowest BCUT2D eigenvalue weighted by Gasteiger charge is -2.00. The number of ketones is 1. The molecule has 0 N–H and O–H groups in total. The van der Waals surface area contributed by atoms with E-state index in [-0.39, 0.29) is 5.78 Å². The van der Waals surface area contributed by atoms with Gasteiger partial charge in [0.2, 0.25) is 0 Å². The van der Waals surface area contributed by atoms with Gasteiger partial charge in [0, 0.05) is 5.56 Å². The lowest BCUT2D eigenvalue weighted by atomic mass is 10.1. The summed E-state index contributed by atoms with van der Waals surface area (Å²) in [7, 11) is 0. The molecule has 0 aromatic heterocycles. The van der Waals surface area contributed by atoms with Crippen LogP contribution in [0.2, 0.25) is 0 Å². The normalized spacial score (nSPS) is 15.8. The molecule has 1 aliphatic carbocycles. The lowest BCUT2D eigenvalue weighted by molar-refractivity contribution is 0.102. The molecule has 0 saturated heterocycles. The van der Waals surface area contributed by atoms with Crippen LogP contribution in [0.4, 0.5) is 0 Å². The molecule has 1 aromatic carbocycles. The minimum Gasteiger partial charge on any atom is -0.293 e. The Balaban J connectivity index is 2.26. The zero-order valence-corrected chi connectivity index (χ0v) is 8.88. The Morgan fingerprint density at radius 2 is 2.23 bits per heavy atom. The summed E-state index contributed by atoms with van der Waals surface area (Å²) >= 11 is 3.18. The number of halogens is 1. The Morgan fingerprint density at radius 1 is 1.46 bits per heavy atom. The van der Waals surface area contributed by atoms with Crippen molar-refractivity contribution >= 4 is 21.7 Å². The van der Waals surface area contributed by atoms with Crippen LogP contribution in [0.5, 0.6) is 0 Å². The average molecular weight is 239 g/mol. The van der Waals surface area contributed by atoms with Crippen LogP contribution in [0.25, 0.3) is 0 Å². The van der Waals surface area contributed by atoms with Crippen molar-refractivity contribution in [1.82, 2.24) is 0 Å². The molecule has 13 heavy (non-hydrogen) atoms. The molecule has 0 spiro atoms. The zero-order valence-electron chi connectivity index (χ0n) is 7.29. The number of alkyl halides is 1. The molecule has 0 aliphatic heterocycles. The van der Waals surface area contributed by atoms with E-state index in [4.69, 9.17) is 0 Å². The molecule has 0 heterocycles. The quantitative estimate of drug-likeness (QED) is 0.585. The van der Waals surface area contributed by atoms with Crippen LogP contribution < -0.4 is 0 Å². The van der Waals surface area contributed by atoms with E-state index >= 15 is 0 Å². The third-order valence-electron chi connectivity index (χ3n) is 2.38. The second kappa shape index (κ2) is 3.62. The number of carbonyl (C=O) groups is 1. The highest BCUT2D eigenvalue weighted by atomic mass is 79.9. The van der Waals surface area contributed by atoms with Crippen LogP contribution in [0.1, 0.15) is 34.7 Å². The second-order valence-corrected chi connectivity index (χ2v) is 4.02. The van der Waals surface area contributed by atoms with Crippen molar-refractivity contribution in [2.45, 2.75) is 18.8 Å². The molecule has 1 saturated carbocycles. The van der Waals surface area contributed by atoms with Gasteiger partial charge < -0.3 is 0 Å². The highest BCUT2D eigenvalue weighted by Crippen LogP contribution is 2.40. The molecule has 0 radical (unpaired) electrons. The molecular formula is C11H11BrO. The molecule has 0 unspecified atom stereocenters. The number of benzene rings is 1. The fourth-order valence-corrected chi connectivity index (χ4v) is 1.78. The summed E-state index contributed by atoms with van der Waals surface area (Å²) in [5, 5.41) is 0.418. The predicted molar refractivity (Wildman–Crippen MR) is 56.5 cm³/mol. The van der Waals surface area contributed by atoms with Crippen molar-refractivity contribution < 1.29 is 4.79 Å². The molecule has 68 valence electrons. The van der Waals surface area contributed by atoms with E-state index in [9.17, 15) is 4.79 Å². The second-order valence-electron chi connectivity index (χ2n) is 3.46. The van der Waals surface area contributed by atoms with Crippen molar-refractivity contribution in [2.24, 2.45) is 0 Å². The maximum Gasteiger partial charge on any atom is 0.173 e. The number of carbonyl (C=O) groups excluding carboxylic acids is 1. The van der Waals surface area contributed by atoms with Gasteiger partial charge in [-0.1, -0.05) is 34.1 Å². The fourth-order valence-electron chi connectivity index (χ4n) is 1.46. The van der Waals surface area contributed by atoms with E-state index < -0.39 is 0 Å². The molecule has 0 bridgehead atoms. The maximum absolute atomic E-state index is 11.4. The molecular weight excluding hydrogens is 228 g/mol. The smallest absolute Gasteiger partial charge is 0.173 e. The van der Waals surface area contributed by atoms with Crippen LogP contribution in [-0.2, 0) is 0 Å². The predicted octanol–water partition coefficient (Wildman–Crippen LogP) is 3.14. The van der Waals surface area contributed by atoms with Gasteiger partial charge in [-0.2, -0.15) is 0 Å². The summed E-state index contributed by atoms with van der Waals surface area (Å²) in [5.74, 6) is 0.894. The van der Waals surface area contributed by atoms with Crippen LogP contribution >= 0.6 is 15.9 Å². The minimum absolute atomic E-state index is 0.169. The molecule has 0 amide bonds. The Hall–Kier alpha value is -0.630. The molecule has 2 heteroatoms. The van der Waals surface area contributed by atoms with Crippen LogP contribution in [0.3, 0.4) is 0 Å². The number of hydrogen-bond donors (Lipinski definition) is 0. The molecule has 2 rings (SSSR count). The molecule has 0 atom stereocenters. The van der Waals surface area contributed by atoms with Crippen molar-refractivity contribution in [1.29, 1.82) is 0 Å². The molecule has 1 aliphatic rings. The Morgan fingerprint density at radius 3 is 2.85 bits per heavy atom. The number of Topliss-reactive ketones (excluding diaryl/α,β-unsaturated/α-hetero) is 1. The Labute approximate surface area is 86.3 Å². The first kappa shape index (κ1) is 8.95. The van der Waals surface area contributed by atoms with Crippen LogP contribution in [-0.4, -0.2) is 11.1 Å². The van der Waals surface area contributed by atoms with Gasteiger partial charge in [0.1, 0.15) is 0 Å². The summed E-state index contributed by atoms with van der Waals surface area (Å²) in [6.07, 6.45) is 2.57. The van der Waals surface area contributed by atoms with E-state index in [1.54, 1.807) is 0 Å². The van der Waals surface area contributed by atoms with Crippen molar-refractivity contribution in [3.63, 3.8) is 0 Å². The standard InChI is InChI=1S/C11H11BrO/c12-7-11(13)10-3-1-2-9(6-10)8-4-5-8/h1-3,6,8H,4-5,7H2.